The summed E-state index contributed by atoms with van der Waals surface area (Å²) in [7, 11) is -3.15. The van der Waals surface area contributed by atoms with E-state index < -0.39 is 15.9 Å². The lowest BCUT2D eigenvalue weighted by molar-refractivity contribution is 0.0681. The highest BCUT2D eigenvalue weighted by Crippen LogP contribution is 2.35. The van der Waals surface area contributed by atoms with Gasteiger partial charge in [0.15, 0.2) is 15.6 Å². The van der Waals surface area contributed by atoms with Crippen molar-refractivity contribution in [2.24, 2.45) is 0 Å². The smallest absolute Gasteiger partial charge is 0.254 e. The van der Waals surface area contributed by atoms with E-state index in [1.54, 1.807) is 4.90 Å². The molecule has 1 amide bonds. The van der Waals surface area contributed by atoms with Crippen LogP contribution in [0.15, 0.2) is 36.4 Å². The van der Waals surface area contributed by atoms with E-state index in [0.29, 0.717) is 30.9 Å². The first-order valence-corrected chi connectivity index (χ1v) is 12.0. The molecular formula is C21H23Cl2NO4S. The predicted molar refractivity (Wildman–Crippen MR) is 116 cm³/mol. The molecule has 156 valence electrons. The van der Waals surface area contributed by atoms with Gasteiger partial charge in [-0.1, -0.05) is 53.0 Å². The summed E-state index contributed by atoms with van der Waals surface area (Å²) in [6.07, 6.45) is 0.415. The molecule has 0 aromatic heterocycles. The summed E-state index contributed by atoms with van der Waals surface area (Å²) in [5.74, 6) is 0.0731. The molecule has 0 aliphatic carbocycles. The van der Waals surface area contributed by atoms with Gasteiger partial charge >= 0.3 is 0 Å². The summed E-state index contributed by atoms with van der Waals surface area (Å²) in [6.45, 7) is 4.50. The van der Waals surface area contributed by atoms with Crippen LogP contribution in [0.25, 0.3) is 0 Å². The van der Waals surface area contributed by atoms with Crippen molar-refractivity contribution in [3.63, 3.8) is 0 Å². The van der Waals surface area contributed by atoms with Gasteiger partial charge < -0.3 is 9.64 Å². The summed E-state index contributed by atoms with van der Waals surface area (Å²) in [5.41, 5.74) is 2.34. The number of hydrogen-bond acceptors (Lipinski definition) is 4. The monoisotopic (exact) mass is 455 g/mol. The summed E-state index contributed by atoms with van der Waals surface area (Å²) >= 11 is 12.5. The topological polar surface area (TPSA) is 63.7 Å². The Morgan fingerprint density at radius 3 is 2.31 bits per heavy atom. The molecule has 0 radical (unpaired) electrons. The van der Waals surface area contributed by atoms with Crippen molar-refractivity contribution in [2.45, 2.75) is 32.9 Å². The van der Waals surface area contributed by atoms with Crippen LogP contribution in [0.3, 0.4) is 0 Å². The van der Waals surface area contributed by atoms with Gasteiger partial charge in [0.25, 0.3) is 5.91 Å². The Kier molecular flexibility index (Phi) is 6.76. The molecule has 0 N–H and O–H groups in total. The van der Waals surface area contributed by atoms with Crippen molar-refractivity contribution in [3.05, 3.63) is 63.1 Å². The molecule has 1 heterocycles. The highest BCUT2D eigenvalue weighted by molar-refractivity contribution is 7.91. The number of carbonyl (C=O) groups excluding carboxylic acids is 1. The molecule has 0 spiro atoms. The van der Waals surface area contributed by atoms with E-state index in [9.17, 15) is 13.2 Å². The van der Waals surface area contributed by atoms with Crippen molar-refractivity contribution in [1.29, 1.82) is 0 Å². The molecule has 1 aliphatic rings. The maximum absolute atomic E-state index is 13.4. The lowest BCUT2D eigenvalue weighted by Crippen LogP contribution is -2.40. The van der Waals surface area contributed by atoms with Crippen molar-refractivity contribution in [1.82, 2.24) is 4.90 Å². The van der Waals surface area contributed by atoms with E-state index >= 15 is 0 Å². The van der Waals surface area contributed by atoms with Gasteiger partial charge in [0, 0.05) is 18.2 Å². The molecule has 2 aromatic carbocycles. The van der Waals surface area contributed by atoms with Crippen LogP contribution in [-0.2, 0) is 16.4 Å². The molecule has 1 atom stereocenters. The minimum absolute atomic E-state index is 0.0386. The standard InChI is InChI=1S/C21H23Cl2NO4S/c1-3-28-20-18(22)10-16(11-19(20)23)21(25)24(17-8-9-29(26,27)13-17)12-15-6-4-14(2)5-7-15/h4-7,10-11,17H,3,8-9,12-13H2,1-2H3. The molecule has 5 nitrogen and oxygen atoms in total. The summed E-state index contributed by atoms with van der Waals surface area (Å²) in [6, 6.07) is 10.5. The van der Waals surface area contributed by atoms with Crippen LogP contribution in [-0.4, -0.2) is 43.4 Å². The summed E-state index contributed by atoms with van der Waals surface area (Å²) in [4.78, 5) is 15.0. The molecule has 1 fully saturated rings. The van der Waals surface area contributed by atoms with Crippen LogP contribution >= 0.6 is 23.2 Å². The van der Waals surface area contributed by atoms with E-state index in [-0.39, 0.29) is 27.5 Å². The SMILES string of the molecule is CCOc1c(Cl)cc(C(=O)N(Cc2ccc(C)cc2)C2CCS(=O)(=O)C2)cc1Cl. The normalized spacial score (nSPS) is 17.9. The number of benzene rings is 2. The summed E-state index contributed by atoms with van der Waals surface area (Å²) < 4.78 is 29.5. The molecule has 8 heteroatoms. The Labute approximate surface area is 181 Å². The van der Waals surface area contributed by atoms with Crippen molar-refractivity contribution >= 4 is 38.9 Å². The number of hydrogen-bond donors (Lipinski definition) is 0. The van der Waals surface area contributed by atoms with Gasteiger partial charge in [0.1, 0.15) is 0 Å². The fourth-order valence-corrected chi connectivity index (χ4v) is 5.74. The van der Waals surface area contributed by atoms with Gasteiger partial charge in [-0.05, 0) is 38.0 Å². The van der Waals surface area contributed by atoms with Gasteiger partial charge in [0.2, 0.25) is 0 Å². The molecule has 1 aliphatic heterocycles. The van der Waals surface area contributed by atoms with Gasteiger partial charge in [-0.15, -0.1) is 0 Å². The fourth-order valence-electron chi connectivity index (χ4n) is 3.41. The number of rotatable bonds is 6. The molecule has 29 heavy (non-hydrogen) atoms. The first-order valence-electron chi connectivity index (χ1n) is 9.39. The van der Waals surface area contributed by atoms with E-state index in [2.05, 4.69) is 0 Å². The number of aryl methyl sites for hydroxylation is 1. The fraction of sp³-hybridized carbons (Fsp3) is 0.381. The molecule has 0 saturated carbocycles. The molecule has 2 aromatic rings. The second-order valence-corrected chi connectivity index (χ2v) is 10.2. The van der Waals surface area contributed by atoms with E-state index in [1.165, 1.54) is 12.1 Å². The average Bonchev–Trinajstić information content (AvgIpc) is 3.03. The maximum Gasteiger partial charge on any atom is 0.254 e. The quantitative estimate of drug-likeness (QED) is 0.641. The van der Waals surface area contributed by atoms with Crippen LogP contribution in [0.2, 0.25) is 10.0 Å². The Bertz CT molecular complexity index is 983. The largest absolute Gasteiger partial charge is 0.491 e. The Balaban J connectivity index is 1.94. The van der Waals surface area contributed by atoms with Gasteiger partial charge in [0.05, 0.1) is 28.2 Å². The molecular weight excluding hydrogens is 433 g/mol. The highest BCUT2D eigenvalue weighted by Gasteiger charge is 2.35. The Morgan fingerprint density at radius 1 is 1.17 bits per heavy atom. The van der Waals surface area contributed by atoms with Crippen molar-refractivity contribution < 1.29 is 17.9 Å². The first kappa shape index (κ1) is 21.9. The lowest BCUT2D eigenvalue weighted by atomic mass is 10.1. The summed E-state index contributed by atoms with van der Waals surface area (Å²) in [5, 5.41) is 0.494. The number of halogens is 2. The number of sulfone groups is 1. The van der Waals surface area contributed by atoms with Crippen LogP contribution in [0.4, 0.5) is 0 Å². The zero-order valence-electron chi connectivity index (χ0n) is 16.3. The highest BCUT2D eigenvalue weighted by atomic mass is 35.5. The van der Waals surface area contributed by atoms with Crippen LogP contribution in [0.1, 0.15) is 34.8 Å². The molecule has 1 saturated heterocycles. The van der Waals surface area contributed by atoms with E-state index in [1.807, 2.05) is 38.1 Å². The lowest BCUT2D eigenvalue weighted by Gasteiger charge is -2.29. The minimum atomic E-state index is -3.15. The Hall–Kier alpha value is -1.76. The van der Waals surface area contributed by atoms with Crippen molar-refractivity contribution in [3.8, 4) is 5.75 Å². The molecule has 1 unspecified atom stereocenters. The number of nitrogens with zero attached hydrogens (tertiary/aromatic N) is 1. The molecule has 0 bridgehead atoms. The number of amides is 1. The maximum atomic E-state index is 13.4. The third-order valence-electron chi connectivity index (χ3n) is 4.92. The zero-order chi connectivity index (χ0) is 21.2. The first-order chi connectivity index (χ1) is 13.7. The number of ether oxygens (including phenoxy) is 1. The number of carbonyl (C=O) groups is 1. The second-order valence-electron chi connectivity index (χ2n) is 7.18. The van der Waals surface area contributed by atoms with E-state index in [0.717, 1.165) is 11.1 Å². The average molecular weight is 456 g/mol. The van der Waals surface area contributed by atoms with Gasteiger partial charge in [-0.2, -0.15) is 0 Å². The predicted octanol–water partition coefficient (Wildman–Crippen LogP) is 4.53. The van der Waals surface area contributed by atoms with Crippen molar-refractivity contribution in [2.75, 3.05) is 18.1 Å². The van der Waals surface area contributed by atoms with Crippen LogP contribution in [0, 0.1) is 6.92 Å². The van der Waals surface area contributed by atoms with E-state index in [4.69, 9.17) is 27.9 Å². The minimum Gasteiger partial charge on any atom is -0.491 e. The molecule has 3 rings (SSSR count). The second kappa shape index (κ2) is 8.94. The third kappa shape index (κ3) is 5.24. The van der Waals surface area contributed by atoms with Crippen LogP contribution < -0.4 is 4.74 Å². The van der Waals surface area contributed by atoms with Gasteiger partial charge in [-0.25, -0.2) is 8.42 Å². The van der Waals surface area contributed by atoms with Gasteiger partial charge in [-0.3, -0.25) is 4.79 Å². The zero-order valence-corrected chi connectivity index (χ0v) is 18.6. The third-order valence-corrected chi connectivity index (χ3v) is 7.23. The van der Waals surface area contributed by atoms with Crippen LogP contribution in [0.5, 0.6) is 5.75 Å². The Morgan fingerprint density at radius 2 is 1.79 bits per heavy atom.